The standard InChI is InChI=1S/C22H33NO2/c1-7-8-12-18-15-17-11-9-10-13-19(17)20(14-16(2)3)23(18)21(24)25-22(4,5)6/h9-11,13,15-16,20H,7-8,12,14H2,1-6H3. The topological polar surface area (TPSA) is 29.5 Å². The first-order chi connectivity index (χ1) is 11.7. The summed E-state index contributed by atoms with van der Waals surface area (Å²) in [7, 11) is 0. The lowest BCUT2D eigenvalue weighted by Gasteiger charge is -2.39. The van der Waals surface area contributed by atoms with Gasteiger partial charge in [0.2, 0.25) is 0 Å². The van der Waals surface area contributed by atoms with Crippen LogP contribution in [0.2, 0.25) is 0 Å². The number of benzene rings is 1. The monoisotopic (exact) mass is 343 g/mol. The molecular formula is C22H33NO2. The SMILES string of the molecule is CCCCC1=Cc2ccccc2C(CC(C)C)N1C(=O)OC(C)(C)C. The molecule has 0 bridgehead atoms. The van der Waals surface area contributed by atoms with Gasteiger partial charge in [-0.2, -0.15) is 0 Å². The molecule has 1 heterocycles. The summed E-state index contributed by atoms with van der Waals surface area (Å²) in [6.45, 7) is 12.4. The summed E-state index contributed by atoms with van der Waals surface area (Å²) in [5.41, 5.74) is 3.05. The van der Waals surface area contributed by atoms with Crippen LogP contribution >= 0.6 is 0 Å². The number of hydrogen-bond acceptors (Lipinski definition) is 2. The van der Waals surface area contributed by atoms with Crippen LogP contribution in [0.25, 0.3) is 6.08 Å². The smallest absolute Gasteiger partial charge is 0.415 e. The quantitative estimate of drug-likeness (QED) is 0.606. The second-order valence-electron chi connectivity index (χ2n) is 8.36. The van der Waals surface area contributed by atoms with E-state index in [2.05, 4.69) is 51.1 Å². The highest BCUT2D eigenvalue weighted by atomic mass is 16.6. The Labute approximate surface area is 153 Å². The van der Waals surface area contributed by atoms with Gasteiger partial charge in [0.05, 0.1) is 6.04 Å². The Morgan fingerprint density at radius 2 is 1.92 bits per heavy atom. The Kier molecular flexibility index (Phi) is 6.31. The zero-order valence-corrected chi connectivity index (χ0v) is 16.6. The van der Waals surface area contributed by atoms with Crippen LogP contribution in [-0.4, -0.2) is 16.6 Å². The molecule has 1 aromatic rings. The van der Waals surface area contributed by atoms with E-state index in [9.17, 15) is 4.79 Å². The third-order valence-corrected chi connectivity index (χ3v) is 4.37. The van der Waals surface area contributed by atoms with E-state index in [0.717, 1.165) is 31.4 Å². The molecule has 0 saturated heterocycles. The molecule has 0 spiro atoms. The molecule has 1 aliphatic heterocycles. The average molecular weight is 344 g/mol. The summed E-state index contributed by atoms with van der Waals surface area (Å²) in [5, 5.41) is 0. The van der Waals surface area contributed by atoms with E-state index in [4.69, 9.17) is 4.74 Å². The summed E-state index contributed by atoms with van der Waals surface area (Å²) in [5.74, 6) is 0.494. The summed E-state index contributed by atoms with van der Waals surface area (Å²) in [4.78, 5) is 15.0. The van der Waals surface area contributed by atoms with Gasteiger partial charge in [-0.3, -0.25) is 4.90 Å². The van der Waals surface area contributed by atoms with Gasteiger partial charge >= 0.3 is 6.09 Å². The van der Waals surface area contributed by atoms with Crippen molar-refractivity contribution in [1.82, 2.24) is 4.90 Å². The zero-order chi connectivity index (χ0) is 18.6. The van der Waals surface area contributed by atoms with Crippen LogP contribution in [0.4, 0.5) is 4.79 Å². The summed E-state index contributed by atoms with van der Waals surface area (Å²) >= 11 is 0. The van der Waals surface area contributed by atoms with Gasteiger partial charge < -0.3 is 4.74 Å². The Balaban J connectivity index is 2.46. The molecule has 0 saturated carbocycles. The predicted molar refractivity (Wildman–Crippen MR) is 104 cm³/mol. The highest BCUT2D eigenvalue weighted by Gasteiger charge is 2.35. The van der Waals surface area contributed by atoms with Crippen LogP contribution in [0, 0.1) is 5.92 Å². The maximum absolute atomic E-state index is 13.1. The van der Waals surface area contributed by atoms with Gasteiger partial charge in [-0.15, -0.1) is 0 Å². The van der Waals surface area contributed by atoms with Crippen molar-refractivity contribution in [1.29, 1.82) is 0 Å². The van der Waals surface area contributed by atoms with Crippen LogP contribution < -0.4 is 0 Å². The van der Waals surface area contributed by atoms with Crippen molar-refractivity contribution in [3.8, 4) is 0 Å². The second kappa shape index (κ2) is 8.07. The highest BCUT2D eigenvalue weighted by Crippen LogP contribution is 2.40. The highest BCUT2D eigenvalue weighted by molar-refractivity contribution is 5.76. The molecule has 0 N–H and O–H groups in total. The van der Waals surface area contributed by atoms with Crippen LogP contribution in [-0.2, 0) is 4.74 Å². The lowest BCUT2D eigenvalue weighted by Crippen LogP contribution is -2.40. The Morgan fingerprint density at radius 3 is 2.52 bits per heavy atom. The molecule has 3 heteroatoms. The number of fused-ring (bicyclic) bond motifs is 1. The Hall–Kier alpha value is -1.77. The summed E-state index contributed by atoms with van der Waals surface area (Å²) in [6.07, 6.45) is 5.96. The minimum atomic E-state index is -0.494. The first kappa shape index (κ1) is 19.6. The molecule has 1 aliphatic rings. The average Bonchev–Trinajstić information content (AvgIpc) is 2.50. The molecular weight excluding hydrogens is 310 g/mol. The van der Waals surface area contributed by atoms with Gasteiger partial charge in [-0.25, -0.2) is 4.79 Å². The predicted octanol–water partition coefficient (Wildman–Crippen LogP) is 6.56. The summed E-state index contributed by atoms with van der Waals surface area (Å²) < 4.78 is 5.76. The maximum Gasteiger partial charge on any atom is 0.415 e. The number of amides is 1. The number of unbranched alkanes of at least 4 members (excludes halogenated alkanes) is 1. The number of allylic oxidation sites excluding steroid dienone is 1. The van der Waals surface area contributed by atoms with Gasteiger partial charge in [-0.05, 0) is 63.2 Å². The fourth-order valence-electron chi connectivity index (χ4n) is 3.32. The molecule has 3 nitrogen and oxygen atoms in total. The first-order valence-electron chi connectivity index (χ1n) is 9.54. The maximum atomic E-state index is 13.1. The van der Waals surface area contributed by atoms with Gasteiger partial charge in [0.25, 0.3) is 0 Å². The first-order valence-corrected chi connectivity index (χ1v) is 9.54. The van der Waals surface area contributed by atoms with Crippen LogP contribution in [0.1, 0.15) is 84.4 Å². The number of nitrogens with zero attached hydrogens (tertiary/aromatic N) is 1. The normalized spacial score (nSPS) is 17.3. The van der Waals surface area contributed by atoms with Crippen molar-refractivity contribution in [2.75, 3.05) is 0 Å². The van der Waals surface area contributed by atoms with Crippen LogP contribution in [0.5, 0.6) is 0 Å². The van der Waals surface area contributed by atoms with Crippen LogP contribution in [0.15, 0.2) is 30.0 Å². The third kappa shape index (κ3) is 5.10. The molecule has 0 fully saturated rings. The summed E-state index contributed by atoms with van der Waals surface area (Å²) in [6, 6.07) is 8.48. The molecule has 0 radical (unpaired) electrons. The molecule has 0 aliphatic carbocycles. The molecule has 2 rings (SSSR count). The van der Waals surface area contributed by atoms with E-state index < -0.39 is 5.60 Å². The largest absolute Gasteiger partial charge is 0.443 e. The molecule has 25 heavy (non-hydrogen) atoms. The minimum Gasteiger partial charge on any atom is -0.443 e. The van der Waals surface area contributed by atoms with E-state index in [0.29, 0.717) is 5.92 Å². The Bertz CT molecular complexity index is 625. The van der Waals surface area contributed by atoms with E-state index in [1.807, 2.05) is 25.7 Å². The molecule has 138 valence electrons. The van der Waals surface area contributed by atoms with Crippen molar-refractivity contribution < 1.29 is 9.53 Å². The fraction of sp³-hybridized carbons (Fsp3) is 0.591. The lowest BCUT2D eigenvalue weighted by atomic mass is 9.88. The van der Waals surface area contributed by atoms with E-state index in [1.54, 1.807) is 0 Å². The van der Waals surface area contributed by atoms with Gasteiger partial charge in [0, 0.05) is 5.70 Å². The molecule has 1 atom stereocenters. The van der Waals surface area contributed by atoms with Crippen molar-refractivity contribution in [2.45, 2.75) is 78.9 Å². The number of carbonyl (C=O) groups is 1. The van der Waals surface area contributed by atoms with E-state index >= 15 is 0 Å². The second-order valence-corrected chi connectivity index (χ2v) is 8.36. The van der Waals surface area contributed by atoms with Crippen molar-refractivity contribution in [3.63, 3.8) is 0 Å². The number of hydrogen-bond donors (Lipinski definition) is 0. The minimum absolute atomic E-state index is 0.0444. The van der Waals surface area contributed by atoms with Crippen molar-refractivity contribution in [2.24, 2.45) is 5.92 Å². The number of ether oxygens (including phenoxy) is 1. The third-order valence-electron chi connectivity index (χ3n) is 4.37. The van der Waals surface area contributed by atoms with Gasteiger partial charge in [-0.1, -0.05) is 51.5 Å². The zero-order valence-electron chi connectivity index (χ0n) is 16.6. The molecule has 0 aromatic heterocycles. The molecule has 1 aromatic carbocycles. The van der Waals surface area contributed by atoms with Gasteiger partial charge in [0.15, 0.2) is 0 Å². The molecule has 1 amide bonds. The number of rotatable bonds is 5. The van der Waals surface area contributed by atoms with Crippen molar-refractivity contribution in [3.05, 3.63) is 41.1 Å². The van der Waals surface area contributed by atoms with Gasteiger partial charge in [0.1, 0.15) is 5.60 Å². The van der Waals surface area contributed by atoms with Crippen molar-refractivity contribution >= 4 is 12.2 Å². The Morgan fingerprint density at radius 1 is 1.24 bits per heavy atom. The van der Waals surface area contributed by atoms with Crippen LogP contribution in [0.3, 0.4) is 0 Å². The number of carbonyl (C=O) groups excluding carboxylic acids is 1. The molecule has 1 unspecified atom stereocenters. The van der Waals surface area contributed by atoms with E-state index in [-0.39, 0.29) is 12.1 Å². The fourth-order valence-corrected chi connectivity index (χ4v) is 3.32. The lowest BCUT2D eigenvalue weighted by molar-refractivity contribution is 0.0211. The van der Waals surface area contributed by atoms with E-state index in [1.165, 1.54) is 11.1 Å².